The molecule has 1 aromatic rings. The lowest BCUT2D eigenvalue weighted by Crippen LogP contribution is -2.14. The summed E-state index contributed by atoms with van der Waals surface area (Å²) in [6.45, 7) is 12.9. The molecule has 0 aliphatic carbocycles. The summed E-state index contributed by atoms with van der Waals surface area (Å²) in [7, 11) is 0. The van der Waals surface area contributed by atoms with Crippen LogP contribution in [0.2, 0.25) is 0 Å². The van der Waals surface area contributed by atoms with Crippen LogP contribution in [0, 0.1) is 0 Å². The molecule has 3 nitrogen and oxygen atoms in total. The predicted molar refractivity (Wildman–Crippen MR) is 85.5 cm³/mol. The van der Waals surface area contributed by atoms with Crippen molar-refractivity contribution in [1.82, 2.24) is 0 Å². The predicted octanol–water partition coefficient (Wildman–Crippen LogP) is 3.68. The molecule has 3 heteroatoms. The summed E-state index contributed by atoms with van der Waals surface area (Å²) in [5.41, 5.74) is 2.32. The fourth-order valence-corrected chi connectivity index (χ4v) is 2.06. The van der Waals surface area contributed by atoms with Gasteiger partial charge in [-0.15, -0.1) is 13.2 Å². The van der Waals surface area contributed by atoms with E-state index in [4.69, 9.17) is 4.74 Å². The average molecular weight is 286 g/mol. The number of carbonyl (C=O) groups excluding carboxylic acids is 1. The van der Waals surface area contributed by atoms with E-state index in [0.29, 0.717) is 12.8 Å². The zero-order chi connectivity index (χ0) is 15.8. The zero-order valence-corrected chi connectivity index (χ0v) is 12.5. The molecule has 0 saturated heterocycles. The Hall–Kier alpha value is -2.29. The minimum atomic E-state index is -0.405. The Balaban J connectivity index is 3.15. The van der Waals surface area contributed by atoms with Crippen molar-refractivity contribution in [2.24, 2.45) is 0 Å². The normalized spacial score (nSPS) is 11.5. The number of aromatic hydroxyl groups is 1. The Bertz CT molecular complexity index is 512. The number of rotatable bonds is 8. The topological polar surface area (TPSA) is 46.5 Å². The molecule has 112 valence electrons. The lowest BCUT2D eigenvalue weighted by atomic mass is 9.93. The van der Waals surface area contributed by atoms with Gasteiger partial charge in [-0.2, -0.15) is 0 Å². The van der Waals surface area contributed by atoms with E-state index >= 15 is 0 Å². The second kappa shape index (κ2) is 8.10. The summed E-state index contributed by atoms with van der Waals surface area (Å²) in [6, 6.07) is 3.65. The van der Waals surface area contributed by atoms with Gasteiger partial charge < -0.3 is 9.84 Å². The second-order valence-electron chi connectivity index (χ2n) is 4.81. The molecule has 0 heterocycles. The summed E-state index contributed by atoms with van der Waals surface area (Å²) >= 11 is 0. The van der Waals surface area contributed by atoms with Crippen molar-refractivity contribution < 1.29 is 14.6 Å². The lowest BCUT2D eigenvalue weighted by molar-refractivity contribution is -0.143. The fourth-order valence-electron chi connectivity index (χ4n) is 2.06. The Morgan fingerprint density at radius 3 is 2.14 bits per heavy atom. The third-order valence-corrected chi connectivity index (χ3v) is 3.22. The summed E-state index contributed by atoms with van der Waals surface area (Å²) in [5, 5.41) is 10.2. The van der Waals surface area contributed by atoms with Gasteiger partial charge >= 0.3 is 5.97 Å². The van der Waals surface area contributed by atoms with Gasteiger partial charge in [0.05, 0.1) is 5.92 Å². The molecule has 0 aliphatic rings. The maximum Gasteiger partial charge on any atom is 0.313 e. The van der Waals surface area contributed by atoms with Crippen molar-refractivity contribution >= 4 is 5.97 Å². The van der Waals surface area contributed by atoms with Crippen molar-refractivity contribution in [3.8, 4) is 5.75 Å². The fraction of sp³-hybridized carbons (Fsp3) is 0.278. The molecular weight excluding hydrogens is 264 g/mol. The van der Waals surface area contributed by atoms with E-state index in [-0.39, 0.29) is 18.3 Å². The number of hydrogen-bond donors (Lipinski definition) is 1. The standard InChI is InChI=1S/C18H22O3/c1-5-8-14-11-16(12-15(9-6-2)17(14)19)13(4)18(20)21-10-7-3/h5-7,11-13,19H,1-3,8-10H2,4H3. The van der Waals surface area contributed by atoms with Crippen molar-refractivity contribution in [3.63, 3.8) is 0 Å². The van der Waals surface area contributed by atoms with Crippen molar-refractivity contribution in [2.75, 3.05) is 6.61 Å². The van der Waals surface area contributed by atoms with E-state index in [0.717, 1.165) is 16.7 Å². The molecule has 0 spiro atoms. The minimum Gasteiger partial charge on any atom is -0.507 e. The summed E-state index contributed by atoms with van der Waals surface area (Å²) < 4.78 is 5.08. The van der Waals surface area contributed by atoms with Crippen LogP contribution in [0.25, 0.3) is 0 Å². The van der Waals surface area contributed by atoms with Crippen LogP contribution in [-0.4, -0.2) is 17.7 Å². The first-order chi connectivity index (χ1) is 10.0. The van der Waals surface area contributed by atoms with E-state index in [1.165, 1.54) is 6.08 Å². The molecule has 0 saturated carbocycles. The SMILES string of the molecule is C=CCOC(=O)C(C)c1cc(CC=C)c(O)c(CC=C)c1. The molecule has 1 unspecified atom stereocenters. The van der Waals surface area contributed by atoms with E-state index < -0.39 is 5.92 Å². The number of carbonyl (C=O) groups is 1. The van der Waals surface area contributed by atoms with Crippen molar-refractivity contribution in [3.05, 3.63) is 66.8 Å². The van der Waals surface area contributed by atoms with Gasteiger partial charge in [0.1, 0.15) is 12.4 Å². The van der Waals surface area contributed by atoms with Crippen LogP contribution in [0.15, 0.2) is 50.1 Å². The van der Waals surface area contributed by atoms with E-state index in [9.17, 15) is 9.90 Å². The first kappa shape index (κ1) is 16.8. The molecule has 0 amide bonds. The summed E-state index contributed by atoms with van der Waals surface area (Å²) in [4.78, 5) is 12.0. The minimum absolute atomic E-state index is 0.195. The van der Waals surface area contributed by atoms with Gasteiger partial charge in [0, 0.05) is 0 Å². The maximum absolute atomic E-state index is 12.0. The highest BCUT2D eigenvalue weighted by Gasteiger charge is 2.19. The van der Waals surface area contributed by atoms with Gasteiger partial charge in [0.15, 0.2) is 0 Å². The van der Waals surface area contributed by atoms with Gasteiger partial charge in [-0.05, 0) is 36.5 Å². The Morgan fingerprint density at radius 1 is 1.19 bits per heavy atom. The maximum atomic E-state index is 12.0. The molecule has 1 aromatic carbocycles. The van der Waals surface area contributed by atoms with Crippen LogP contribution in [-0.2, 0) is 22.4 Å². The zero-order valence-electron chi connectivity index (χ0n) is 12.5. The molecule has 21 heavy (non-hydrogen) atoms. The van der Waals surface area contributed by atoms with Crippen LogP contribution in [0.4, 0.5) is 0 Å². The highest BCUT2D eigenvalue weighted by molar-refractivity contribution is 5.78. The van der Waals surface area contributed by atoms with Crippen LogP contribution in [0.3, 0.4) is 0 Å². The number of ether oxygens (including phenoxy) is 1. The number of allylic oxidation sites excluding steroid dienone is 2. The van der Waals surface area contributed by atoms with Crippen LogP contribution >= 0.6 is 0 Å². The van der Waals surface area contributed by atoms with Crippen LogP contribution in [0.5, 0.6) is 5.75 Å². The van der Waals surface area contributed by atoms with Gasteiger partial charge in [-0.25, -0.2) is 0 Å². The number of hydrogen-bond acceptors (Lipinski definition) is 3. The van der Waals surface area contributed by atoms with Crippen molar-refractivity contribution in [1.29, 1.82) is 0 Å². The number of benzene rings is 1. The molecule has 0 radical (unpaired) electrons. The molecular formula is C18H22O3. The van der Waals surface area contributed by atoms with Crippen molar-refractivity contribution in [2.45, 2.75) is 25.7 Å². The number of phenolic OH excluding ortho intramolecular Hbond substituents is 1. The molecule has 1 N–H and O–H groups in total. The van der Waals surface area contributed by atoms with Crippen LogP contribution < -0.4 is 0 Å². The van der Waals surface area contributed by atoms with E-state index in [1.807, 2.05) is 12.1 Å². The van der Waals surface area contributed by atoms with Gasteiger partial charge in [-0.1, -0.05) is 36.9 Å². The van der Waals surface area contributed by atoms with Gasteiger partial charge in [-0.3, -0.25) is 4.79 Å². The molecule has 1 atom stereocenters. The summed E-state index contributed by atoms with van der Waals surface area (Å²) in [6.07, 6.45) is 6.05. The highest BCUT2D eigenvalue weighted by atomic mass is 16.5. The molecule has 0 aromatic heterocycles. The number of esters is 1. The highest BCUT2D eigenvalue weighted by Crippen LogP contribution is 2.30. The molecule has 0 fully saturated rings. The summed E-state index contributed by atoms with van der Waals surface area (Å²) in [5.74, 6) is -0.474. The average Bonchev–Trinajstić information content (AvgIpc) is 2.48. The third kappa shape index (κ3) is 4.35. The van der Waals surface area contributed by atoms with Gasteiger partial charge in [0.25, 0.3) is 0 Å². The number of phenols is 1. The smallest absolute Gasteiger partial charge is 0.313 e. The quantitative estimate of drug-likeness (QED) is 0.585. The van der Waals surface area contributed by atoms with Gasteiger partial charge in [0.2, 0.25) is 0 Å². The van der Waals surface area contributed by atoms with E-state index in [2.05, 4.69) is 19.7 Å². The Kier molecular flexibility index (Phi) is 6.47. The van der Waals surface area contributed by atoms with Crippen LogP contribution in [0.1, 0.15) is 29.5 Å². The first-order valence-electron chi connectivity index (χ1n) is 6.89. The lowest BCUT2D eigenvalue weighted by Gasteiger charge is -2.15. The van der Waals surface area contributed by atoms with E-state index in [1.54, 1.807) is 19.1 Å². The monoisotopic (exact) mass is 286 g/mol. The first-order valence-corrected chi connectivity index (χ1v) is 6.89. The second-order valence-corrected chi connectivity index (χ2v) is 4.81. The molecule has 0 aliphatic heterocycles. The largest absolute Gasteiger partial charge is 0.507 e. The third-order valence-electron chi connectivity index (χ3n) is 3.22. The Morgan fingerprint density at radius 2 is 1.71 bits per heavy atom. The molecule has 1 rings (SSSR count). The Labute approximate surface area is 126 Å². The molecule has 0 bridgehead atoms.